The smallest absolute Gasteiger partial charge is 0.131 e. The Morgan fingerprint density at radius 2 is 1.86 bits per heavy atom. The Balaban J connectivity index is 1.52. The molecule has 2 unspecified atom stereocenters. The minimum absolute atomic E-state index is 0.0780. The lowest BCUT2D eigenvalue weighted by Gasteiger charge is -2.60. The molecular weight excluding hydrogens is 272 g/mol. The third-order valence-corrected chi connectivity index (χ3v) is 5.60. The molecule has 0 aromatic heterocycles. The molecule has 5 rings (SSSR count). The zero-order valence-electron chi connectivity index (χ0n) is 12.1. The van der Waals surface area contributed by atoms with E-state index in [2.05, 4.69) is 0 Å². The van der Waals surface area contributed by atoms with Crippen molar-refractivity contribution in [1.29, 1.82) is 0 Å². The van der Waals surface area contributed by atoms with Gasteiger partial charge in [-0.25, -0.2) is 8.78 Å². The maximum atomic E-state index is 13.7. The quantitative estimate of drug-likeness (QED) is 0.925. The summed E-state index contributed by atoms with van der Waals surface area (Å²) in [6.07, 6.45) is 6.47. The van der Waals surface area contributed by atoms with Crippen molar-refractivity contribution in [1.82, 2.24) is 0 Å². The minimum Gasteiger partial charge on any atom is -0.370 e. The Labute approximate surface area is 123 Å². The van der Waals surface area contributed by atoms with E-state index in [0.717, 1.165) is 38.2 Å². The van der Waals surface area contributed by atoms with Crippen LogP contribution >= 0.6 is 0 Å². The second-order valence-corrected chi connectivity index (χ2v) is 7.53. The fraction of sp³-hybridized carbons (Fsp3) is 0.647. The van der Waals surface area contributed by atoms with Gasteiger partial charge in [-0.3, -0.25) is 0 Å². The molecule has 0 aliphatic heterocycles. The molecule has 1 aromatic carbocycles. The number of halogens is 2. The van der Waals surface area contributed by atoms with Crippen molar-refractivity contribution < 1.29 is 13.5 Å². The molecule has 4 saturated carbocycles. The number of rotatable bonds is 3. The second kappa shape index (κ2) is 4.50. The van der Waals surface area contributed by atoms with Crippen LogP contribution < -0.4 is 5.73 Å². The van der Waals surface area contributed by atoms with E-state index in [9.17, 15) is 8.78 Å². The van der Waals surface area contributed by atoms with Gasteiger partial charge < -0.3 is 10.5 Å². The van der Waals surface area contributed by atoms with Crippen LogP contribution in [0.1, 0.15) is 44.1 Å². The molecule has 4 aliphatic carbocycles. The number of nitrogens with two attached hydrogens (primary N) is 1. The van der Waals surface area contributed by atoms with Gasteiger partial charge in [-0.1, -0.05) is 6.07 Å². The lowest BCUT2D eigenvalue weighted by Crippen LogP contribution is -2.63. The van der Waals surface area contributed by atoms with Gasteiger partial charge in [0.05, 0.1) is 12.2 Å². The zero-order chi connectivity index (χ0) is 14.7. The summed E-state index contributed by atoms with van der Waals surface area (Å²) in [5.74, 6) is 0.248. The molecule has 21 heavy (non-hydrogen) atoms. The van der Waals surface area contributed by atoms with Gasteiger partial charge in [0.15, 0.2) is 0 Å². The van der Waals surface area contributed by atoms with E-state index in [-0.39, 0.29) is 17.7 Å². The van der Waals surface area contributed by atoms with Gasteiger partial charge in [0, 0.05) is 17.2 Å². The highest BCUT2D eigenvalue weighted by Crippen LogP contribution is 2.58. The van der Waals surface area contributed by atoms with Crippen LogP contribution in [0.4, 0.5) is 8.78 Å². The Morgan fingerprint density at radius 3 is 2.48 bits per heavy atom. The Kier molecular flexibility index (Phi) is 2.92. The summed E-state index contributed by atoms with van der Waals surface area (Å²) in [6, 6.07) is 3.68. The average molecular weight is 293 g/mol. The van der Waals surface area contributed by atoms with E-state index in [1.54, 1.807) is 0 Å². The largest absolute Gasteiger partial charge is 0.370 e. The van der Waals surface area contributed by atoms with Crippen molar-refractivity contribution in [2.24, 2.45) is 17.6 Å². The molecule has 2 N–H and O–H groups in total. The molecule has 0 spiro atoms. The fourth-order valence-corrected chi connectivity index (χ4v) is 5.29. The van der Waals surface area contributed by atoms with Crippen molar-refractivity contribution >= 4 is 0 Å². The van der Waals surface area contributed by atoms with Crippen LogP contribution in [0.5, 0.6) is 0 Å². The lowest BCUT2D eigenvalue weighted by atomic mass is 9.51. The minimum atomic E-state index is -0.549. The average Bonchev–Trinajstić information content (AvgIpc) is 2.34. The summed E-state index contributed by atoms with van der Waals surface area (Å²) in [4.78, 5) is 0. The molecule has 114 valence electrons. The molecule has 2 atom stereocenters. The molecule has 0 amide bonds. The highest BCUT2D eigenvalue weighted by atomic mass is 19.1. The third-order valence-electron chi connectivity index (χ3n) is 5.60. The molecule has 0 heterocycles. The van der Waals surface area contributed by atoms with Crippen LogP contribution in [-0.2, 0) is 11.3 Å². The second-order valence-electron chi connectivity index (χ2n) is 7.53. The first-order valence-electron chi connectivity index (χ1n) is 7.82. The van der Waals surface area contributed by atoms with Crippen molar-refractivity contribution in [3.63, 3.8) is 0 Å². The topological polar surface area (TPSA) is 35.2 Å². The first kappa shape index (κ1) is 13.6. The maximum absolute atomic E-state index is 13.7. The van der Waals surface area contributed by atoms with Gasteiger partial charge in [-0.15, -0.1) is 0 Å². The molecule has 4 aliphatic rings. The standard InChI is InChI=1S/C17H21F2NO/c18-14-2-1-13(15(19)4-14)9-21-17-7-11-3-12(8-17)6-16(20,5-11)10-17/h1-2,4,11-12H,3,5-10,20H2. The summed E-state index contributed by atoms with van der Waals surface area (Å²) in [5.41, 5.74) is 6.69. The molecule has 4 heteroatoms. The van der Waals surface area contributed by atoms with Gasteiger partial charge in [-0.2, -0.15) is 0 Å². The molecule has 4 bridgehead atoms. The van der Waals surface area contributed by atoms with Crippen molar-refractivity contribution in [3.8, 4) is 0 Å². The number of benzene rings is 1. The lowest BCUT2D eigenvalue weighted by molar-refractivity contribution is -0.175. The maximum Gasteiger partial charge on any atom is 0.131 e. The van der Waals surface area contributed by atoms with E-state index in [1.165, 1.54) is 18.6 Å². The number of hydrogen-bond donors (Lipinski definition) is 1. The number of hydrogen-bond acceptors (Lipinski definition) is 2. The van der Waals surface area contributed by atoms with Crippen molar-refractivity contribution in [3.05, 3.63) is 35.4 Å². The molecular formula is C17H21F2NO. The highest BCUT2D eigenvalue weighted by Gasteiger charge is 2.56. The van der Waals surface area contributed by atoms with E-state index >= 15 is 0 Å². The van der Waals surface area contributed by atoms with Gasteiger partial charge in [0.25, 0.3) is 0 Å². The Morgan fingerprint density at radius 1 is 1.14 bits per heavy atom. The van der Waals surface area contributed by atoms with Crippen LogP contribution in [0, 0.1) is 23.5 Å². The molecule has 2 nitrogen and oxygen atoms in total. The predicted molar refractivity (Wildman–Crippen MR) is 75.5 cm³/mol. The van der Waals surface area contributed by atoms with Gasteiger partial charge in [0.1, 0.15) is 11.6 Å². The normalized spacial score (nSPS) is 40.7. The molecule has 0 saturated heterocycles. The van der Waals surface area contributed by atoms with Crippen molar-refractivity contribution in [2.75, 3.05) is 0 Å². The van der Waals surface area contributed by atoms with E-state index in [4.69, 9.17) is 10.5 Å². The molecule has 4 fully saturated rings. The van der Waals surface area contributed by atoms with Crippen LogP contribution in [0.3, 0.4) is 0 Å². The van der Waals surface area contributed by atoms with E-state index in [1.807, 2.05) is 0 Å². The van der Waals surface area contributed by atoms with E-state index < -0.39 is 11.6 Å². The molecule has 0 radical (unpaired) electrons. The fourth-order valence-electron chi connectivity index (χ4n) is 5.29. The first-order chi connectivity index (χ1) is 9.95. The van der Waals surface area contributed by atoms with Crippen molar-refractivity contribution in [2.45, 2.75) is 56.3 Å². The monoisotopic (exact) mass is 293 g/mol. The van der Waals surface area contributed by atoms with E-state index in [0.29, 0.717) is 17.4 Å². The highest BCUT2D eigenvalue weighted by molar-refractivity contribution is 5.18. The van der Waals surface area contributed by atoms with Gasteiger partial charge in [-0.05, 0) is 56.4 Å². The van der Waals surface area contributed by atoms with Crippen LogP contribution in [-0.4, -0.2) is 11.1 Å². The summed E-state index contributed by atoms with van der Waals surface area (Å²) in [7, 11) is 0. The zero-order valence-corrected chi connectivity index (χ0v) is 12.1. The van der Waals surface area contributed by atoms with Crippen LogP contribution in [0.15, 0.2) is 18.2 Å². The summed E-state index contributed by atoms with van der Waals surface area (Å²) in [5, 5.41) is 0. The van der Waals surface area contributed by atoms with Gasteiger partial charge in [0.2, 0.25) is 0 Å². The predicted octanol–water partition coefficient (Wildman–Crippen LogP) is 3.53. The SMILES string of the molecule is NC12CC3CC(C1)CC(OCc1ccc(F)cc1F)(C3)C2. The Bertz CT molecular complexity index is 560. The van der Waals surface area contributed by atoms with Gasteiger partial charge >= 0.3 is 0 Å². The van der Waals surface area contributed by atoms with Crippen LogP contribution in [0.25, 0.3) is 0 Å². The first-order valence-corrected chi connectivity index (χ1v) is 7.82. The number of ether oxygens (including phenoxy) is 1. The Hall–Kier alpha value is -1.00. The summed E-state index contributed by atoms with van der Waals surface area (Å²) < 4.78 is 32.9. The van der Waals surface area contributed by atoms with Crippen LogP contribution in [0.2, 0.25) is 0 Å². The summed E-state index contributed by atoms with van der Waals surface area (Å²) >= 11 is 0. The third kappa shape index (κ3) is 2.38. The summed E-state index contributed by atoms with van der Waals surface area (Å²) in [6.45, 7) is 0.210. The molecule has 1 aromatic rings.